The van der Waals surface area contributed by atoms with Crippen molar-refractivity contribution in [3.05, 3.63) is 18.3 Å². The lowest BCUT2D eigenvalue weighted by Crippen LogP contribution is -2.41. The van der Waals surface area contributed by atoms with Gasteiger partial charge in [-0.3, -0.25) is 9.59 Å². The van der Waals surface area contributed by atoms with Crippen molar-refractivity contribution in [3.8, 4) is 0 Å². The van der Waals surface area contributed by atoms with Gasteiger partial charge in [0.05, 0.1) is 6.33 Å². The first kappa shape index (κ1) is 14.4. The Labute approximate surface area is 117 Å². The number of carboxylic acid groups (broad SMARTS) is 1. The number of aromatic nitrogens is 4. The van der Waals surface area contributed by atoms with Gasteiger partial charge in [-0.1, -0.05) is 0 Å². The molecule has 0 spiro atoms. The molecular formula is C11H12N6O4. The molecule has 2 aromatic rings. The van der Waals surface area contributed by atoms with Gasteiger partial charge in [-0.2, -0.15) is 0 Å². The number of nitrogens with two attached hydrogens (primary N) is 1. The standard InChI is InChI=1S/C11H12N6O4/c12-6(18)2-1-5(11(20)21)17-10(19)8-7-9(15-3-13-7)16-4-14-8/h3-5H,1-2H2,(H2,12,18)(H,17,19)(H,20,21)(H,13,14,15,16). The first-order chi connectivity index (χ1) is 9.99. The third kappa shape index (κ3) is 3.29. The zero-order valence-corrected chi connectivity index (χ0v) is 10.7. The molecular weight excluding hydrogens is 280 g/mol. The van der Waals surface area contributed by atoms with E-state index in [0.29, 0.717) is 11.2 Å². The Morgan fingerprint density at radius 1 is 1.33 bits per heavy atom. The van der Waals surface area contributed by atoms with Crippen molar-refractivity contribution in [2.45, 2.75) is 18.9 Å². The van der Waals surface area contributed by atoms with E-state index in [1.807, 2.05) is 0 Å². The van der Waals surface area contributed by atoms with Crippen molar-refractivity contribution in [2.75, 3.05) is 0 Å². The fourth-order valence-corrected chi connectivity index (χ4v) is 1.71. The highest BCUT2D eigenvalue weighted by Gasteiger charge is 2.23. The van der Waals surface area contributed by atoms with Gasteiger partial charge in [0.2, 0.25) is 5.91 Å². The van der Waals surface area contributed by atoms with Gasteiger partial charge in [-0.15, -0.1) is 0 Å². The number of nitrogens with one attached hydrogen (secondary N) is 2. The SMILES string of the molecule is NC(=O)CCC(NC(=O)c1ncnc2nc[nH]c12)C(=O)O. The molecule has 0 aromatic carbocycles. The van der Waals surface area contributed by atoms with E-state index in [9.17, 15) is 14.4 Å². The maximum absolute atomic E-state index is 12.1. The van der Waals surface area contributed by atoms with Crippen LogP contribution in [0.25, 0.3) is 11.2 Å². The largest absolute Gasteiger partial charge is 0.480 e. The molecule has 0 aliphatic rings. The number of hydrogen-bond donors (Lipinski definition) is 4. The topological polar surface area (TPSA) is 164 Å². The van der Waals surface area contributed by atoms with Gasteiger partial charge >= 0.3 is 5.97 Å². The van der Waals surface area contributed by atoms with Crippen LogP contribution >= 0.6 is 0 Å². The molecule has 1 atom stereocenters. The lowest BCUT2D eigenvalue weighted by atomic mass is 10.1. The molecule has 2 aromatic heterocycles. The van der Waals surface area contributed by atoms with Crippen molar-refractivity contribution >= 4 is 28.9 Å². The number of rotatable bonds is 6. The number of nitrogens with zero attached hydrogens (tertiary/aromatic N) is 3. The molecule has 0 saturated heterocycles. The fraction of sp³-hybridized carbons (Fsp3) is 0.273. The van der Waals surface area contributed by atoms with Gasteiger partial charge in [0, 0.05) is 6.42 Å². The number of hydrogen-bond acceptors (Lipinski definition) is 6. The van der Waals surface area contributed by atoms with Crippen LogP contribution in [-0.4, -0.2) is 48.9 Å². The first-order valence-electron chi connectivity index (χ1n) is 5.95. The molecule has 0 radical (unpaired) electrons. The van der Waals surface area contributed by atoms with E-state index >= 15 is 0 Å². The summed E-state index contributed by atoms with van der Waals surface area (Å²) in [5, 5.41) is 11.3. The molecule has 21 heavy (non-hydrogen) atoms. The minimum atomic E-state index is -1.26. The average molecular weight is 292 g/mol. The molecule has 0 aliphatic carbocycles. The van der Waals surface area contributed by atoms with Crippen LogP contribution in [0.4, 0.5) is 0 Å². The van der Waals surface area contributed by atoms with Crippen LogP contribution in [0.3, 0.4) is 0 Å². The molecule has 2 heterocycles. The predicted octanol–water partition coefficient (Wildman–Crippen LogP) is -1.20. The molecule has 0 saturated carbocycles. The van der Waals surface area contributed by atoms with Crippen LogP contribution in [0.5, 0.6) is 0 Å². The van der Waals surface area contributed by atoms with Crippen LogP contribution in [0.15, 0.2) is 12.7 Å². The van der Waals surface area contributed by atoms with E-state index in [2.05, 4.69) is 25.3 Å². The quantitative estimate of drug-likeness (QED) is 0.519. The Hall–Kier alpha value is -3.04. The molecule has 0 aliphatic heterocycles. The van der Waals surface area contributed by atoms with E-state index in [-0.39, 0.29) is 18.5 Å². The Morgan fingerprint density at radius 3 is 2.76 bits per heavy atom. The Balaban J connectivity index is 2.17. The number of primary amides is 1. The summed E-state index contributed by atoms with van der Waals surface area (Å²) in [5.74, 6) is -2.61. The molecule has 2 amide bonds. The third-order valence-corrected chi connectivity index (χ3v) is 2.72. The molecule has 110 valence electrons. The summed E-state index contributed by atoms with van der Waals surface area (Å²) >= 11 is 0. The summed E-state index contributed by atoms with van der Waals surface area (Å²) in [6.07, 6.45) is 2.24. The summed E-state index contributed by atoms with van der Waals surface area (Å²) in [6, 6.07) is -1.24. The highest BCUT2D eigenvalue weighted by atomic mass is 16.4. The zero-order valence-electron chi connectivity index (χ0n) is 10.7. The number of carbonyl (C=O) groups is 3. The minimum absolute atomic E-state index is 0.0252. The number of fused-ring (bicyclic) bond motifs is 1. The van der Waals surface area contributed by atoms with E-state index in [1.165, 1.54) is 6.33 Å². The fourth-order valence-electron chi connectivity index (χ4n) is 1.71. The van der Waals surface area contributed by atoms with Gasteiger partial charge in [-0.25, -0.2) is 19.7 Å². The molecule has 10 heteroatoms. The van der Waals surface area contributed by atoms with E-state index in [0.717, 1.165) is 6.33 Å². The van der Waals surface area contributed by atoms with Gasteiger partial charge in [0.25, 0.3) is 5.91 Å². The lowest BCUT2D eigenvalue weighted by molar-refractivity contribution is -0.139. The summed E-state index contributed by atoms with van der Waals surface area (Å²) in [4.78, 5) is 48.1. The number of amides is 2. The van der Waals surface area contributed by atoms with E-state index in [1.54, 1.807) is 0 Å². The number of imidazole rings is 1. The van der Waals surface area contributed by atoms with E-state index in [4.69, 9.17) is 10.8 Å². The van der Waals surface area contributed by atoms with Crippen molar-refractivity contribution in [1.29, 1.82) is 0 Å². The number of aliphatic carboxylic acids is 1. The number of carbonyl (C=O) groups excluding carboxylic acids is 2. The number of H-pyrrole nitrogens is 1. The number of carboxylic acids is 1. The first-order valence-corrected chi connectivity index (χ1v) is 5.95. The highest BCUT2D eigenvalue weighted by Crippen LogP contribution is 2.10. The highest BCUT2D eigenvalue weighted by molar-refractivity contribution is 6.03. The van der Waals surface area contributed by atoms with Crippen LogP contribution in [0, 0.1) is 0 Å². The lowest BCUT2D eigenvalue weighted by Gasteiger charge is -2.13. The normalized spacial score (nSPS) is 12.0. The summed E-state index contributed by atoms with van der Waals surface area (Å²) < 4.78 is 0. The second-order valence-corrected chi connectivity index (χ2v) is 4.19. The maximum atomic E-state index is 12.1. The smallest absolute Gasteiger partial charge is 0.326 e. The maximum Gasteiger partial charge on any atom is 0.326 e. The molecule has 5 N–H and O–H groups in total. The molecule has 0 fully saturated rings. The van der Waals surface area contributed by atoms with Crippen LogP contribution < -0.4 is 11.1 Å². The van der Waals surface area contributed by atoms with Crippen molar-refractivity contribution in [1.82, 2.24) is 25.3 Å². The Kier molecular flexibility index (Phi) is 4.07. The second-order valence-electron chi connectivity index (χ2n) is 4.19. The van der Waals surface area contributed by atoms with Gasteiger partial charge in [-0.05, 0) is 6.42 Å². The van der Waals surface area contributed by atoms with Crippen LogP contribution in [0.2, 0.25) is 0 Å². The van der Waals surface area contributed by atoms with Crippen molar-refractivity contribution in [2.24, 2.45) is 5.73 Å². The van der Waals surface area contributed by atoms with Crippen LogP contribution in [-0.2, 0) is 9.59 Å². The third-order valence-electron chi connectivity index (χ3n) is 2.72. The molecule has 1 unspecified atom stereocenters. The minimum Gasteiger partial charge on any atom is -0.480 e. The summed E-state index contributed by atoms with van der Waals surface area (Å²) in [6.45, 7) is 0. The Morgan fingerprint density at radius 2 is 2.10 bits per heavy atom. The van der Waals surface area contributed by atoms with Crippen molar-refractivity contribution < 1.29 is 19.5 Å². The Bertz CT molecular complexity index is 697. The van der Waals surface area contributed by atoms with E-state index < -0.39 is 23.8 Å². The van der Waals surface area contributed by atoms with Gasteiger partial charge in [0.15, 0.2) is 11.3 Å². The molecule has 10 nitrogen and oxygen atoms in total. The zero-order chi connectivity index (χ0) is 15.4. The molecule has 0 bridgehead atoms. The van der Waals surface area contributed by atoms with Gasteiger partial charge in [0.1, 0.15) is 17.9 Å². The summed E-state index contributed by atoms with van der Waals surface area (Å²) in [7, 11) is 0. The van der Waals surface area contributed by atoms with Crippen LogP contribution in [0.1, 0.15) is 23.3 Å². The molecule has 2 rings (SSSR count). The average Bonchev–Trinajstić information content (AvgIpc) is 2.90. The number of aromatic amines is 1. The van der Waals surface area contributed by atoms with Gasteiger partial charge < -0.3 is 21.1 Å². The predicted molar refractivity (Wildman–Crippen MR) is 69.0 cm³/mol. The van der Waals surface area contributed by atoms with Crippen molar-refractivity contribution in [3.63, 3.8) is 0 Å². The monoisotopic (exact) mass is 292 g/mol. The second kappa shape index (κ2) is 5.94. The summed E-state index contributed by atoms with van der Waals surface area (Å²) in [5.41, 5.74) is 5.53.